The quantitative estimate of drug-likeness (QED) is 0.688. The van der Waals surface area contributed by atoms with Crippen molar-refractivity contribution in [2.45, 2.75) is 13.0 Å². The normalized spacial score (nSPS) is 12.6. The van der Waals surface area contributed by atoms with Crippen LogP contribution in [0.5, 0.6) is 0 Å². The van der Waals surface area contributed by atoms with Crippen molar-refractivity contribution in [2.24, 2.45) is 0 Å². The van der Waals surface area contributed by atoms with E-state index in [9.17, 15) is 4.39 Å². The lowest BCUT2D eigenvalue weighted by Crippen LogP contribution is -2.32. The van der Waals surface area contributed by atoms with Gasteiger partial charge in [-0.1, -0.05) is 0 Å². The fraction of sp³-hybridized carbons (Fsp3) is 0.500. The number of nitrogens with zero attached hydrogens (tertiary/aromatic N) is 2. The highest BCUT2D eigenvalue weighted by molar-refractivity contribution is 5.44. The Hall–Kier alpha value is -1.16. The summed E-state index contributed by atoms with van der Waals surface area (Å²) in [6.07, 6.45) is 1.46. The highest BCUT2D eigenvalue weighted by Crippen LogP contribution is 2.14. The van der Waals surface area contributed by atoms with Crippen molar-refractivity contribution in [2.75, 3.05) is 25.7 Å². The Morgan fingerprint density at radius 2 is 2.36 bits per heavy atom. The van der Waals surface area contributed by atoms with Crippen LogP contribution in [0.4, 0.5) is 10.1 Å². The smallest absolute Gasteiger partial charge is 0.214 e. The molecule has 0 saturated heterocycles. The molecule has 78 valence electrons. The lowest BCUT2D eigenvalue weighted by Gasteiger charge is -2.26. The third kappa shape index (κ3) is 2.67. The summed E-state index contributed by atoms with van der Waals surface area (Å²) < 4.78 is 17.8. The van der Waals surface area contributed by atoms with E-state index < -0.39 is 5.95 Å². The van der Waals surface area contributed by atoms with Gasteiger partial charge >= 0.3 is 0 Å². The number of rotatable bonds is 4. The molecule has 1 unspecified atom stereocenters. The van der Waals surface area contributed by atoms with Gasteiger partial charge in [0, 0.05) is 38.1 Å². The summed E-state index contributed by atoms with van der Waals surface area (Å²) in [7, 11) is 3.55. The van der Waals surface area contributed by atoms with Gasteiger partial charge in [0.05, 0.1) is 6.61 Å². The number of ether oxygens (including phenoxy) is 1. The zero-order chi connectivity index (χ0) is 10.6. The maximum absolute atomic E-state index is 12.8. The molecule has 0 aromatic carbocycles. The number of halogens is 1. The van der Waals surface area contributed by atoms with Crippen LogP contribution in [0, 0.1) is 5.95 Å². The van der Waals surface area contributed by atoms with Crippen LogP contribution in [0.15, 0.2) is 18.3 Å². The van der Waals surface area contributed by atoms with Gasteiger partial charge in [-0.05, 0) is 13.0 Å². The molecule has 4 heteroatoms. The van der Waals surface area contributed by atoms with Crippen LogP contribution in [-0.4, -0.2) is 31.8 Å². The minimum Gasteiger partial charge on any atom is -0.383 e. The predicted molar refractivity (Wildman–Crippen MR) is 53.9 cm³/mol. The Balaban J connectivity index is 2.73. The highest BCUT2D eigenvalue weighted by Gasteiger charge is 2.09. The summed E-state index contributed by atoms with van der Waals surface area (Å²) >= 11 is 0. The molecular formula is C10H15FN2O. The Kier molecular flexibility index (Phi) is 3.83. The highest BCUT2D eigenvalue weighted by atomic mass is 19.1. The molecule has 0 aliphatic rings. The average molecular weight is 198 g/mol. The van der Waals surface area contributed by atoms with Gasteiger partial charge in [-0.2, -0.15) is 4.39 Å². The molecule has 0 spiro atoms. The van der Waals surface area contributed by atoms with E-state index >= 15 is 0 Å². The summed E-state index contributed by atoms with van der Waals surface area (Å²) in [5.74, 6) is -0.459. The SMILES string of the molecule is COCC(C)N(C)c1ccnc(F)c1. The summed E-state index contributed by atoms with van der Waals surface area (Å²) in [5, 5.41) is 0. The van der Waals surface area contributed by atoms with Crippen molar-refractivity contribution in [3.63, 3.8) is 0 Å². The fourth-order valence-corrected chi connectivity index (χ4v) is 1.22. The number of likely N-dealkylation sites (N-methyl/N-ethyl adjacent to an activating group) is 1. The molecule has 0 aliphatic carbocycles. The van der Waals surface area contributed by atoms with Crippen molar-refractivity contribution in [3.8, 4) is 0 Å². The maximum atomic E-state index is 12.8. The molecule has 1 heterocycles. The van der Waals surface area contributed by atoms with E-state index in [-0.39, 0.29) is 6.04 Å². The first-order valence-corrected chi connectivity index (χ1v) is 4.48. The van der Waals surface area contributed by atoms with E-state index in [1.54, 1.807) is 13.2 Å². The molecule has 1 aromatic rings. The number of anilines is 1. The molecule has 0 fully saturated rings. The van der Waals surface area contributed by atoms with Crippen LogP contribution in [0.2, 0.25) is 0 Å². The molecular weight excluding hydrogens is 183 g/mol. The van der Waals surface area contributed by atoms with Crippen LogP contribution in [0.25, 0.3) is 0 Å². The van der Waals surface area contributed by atoms with E-state index in [1.807, 2.05) is 18.9 Å². The van der Waals surface area contributed by atoms with E-state index in [4.69, 9.17) is 4.74 Å². The van der Waals surface area contributed by atoms with Gasteiger partial charge in [-0.15, -0.1) is 0 Å². The molecule has 0 radical (unpaired) electrons. The standard InChI is InChI=1S/C10H15FN2O/c1-8(7-14-3)13(2)9-4-5-12-10(11)6-9/h4-6,8H,7H2,1-3H3. The monoisotopic (exact) mass is 198 g/mol. The first-order chi connectivity index (χ1) is 6.65. The molecule has 0 aliphatic heterocycles. The molecule has 14 heavy (non-hydrogen) atoms. The first-order valence-electron chi connectivity index (χ1n) is 4.48. The molecule has 1 rings (SSSR count). The van der Waals surface area contributed by atoms with Crippen LogP contribution < -0.4 is 4.90 Å². The molecule has 3 nitrogen and oxygen atoms in total. The second-order valence-corrected chi connectivity index (χ2v) is 3.25. The van der Waals surface area contributed by atoms with Gasteiger partial charge in [0.2, 0.25) is 5.95 Å². The van der Waals surface area contributed by atoms with E-state index in [1.165, 1.54) is 12.3 Å². The molecule has 0 amide bonds. The molecule has 0 saturated carbocycles. The third-order valence-corrected chi connectivity index (χ3v) is 2.19. The van der Waals surface area contributed by atoms with Crippen molar-refractivity contribution in [1.29, 1.82) is 0 Å². The Bertz CT molecular complexity index is 293. The molecule has 0 N–H and O–H groups in total. The lowest BCUT2D eigenvalue weighted by atomic mass is 10.2. The summed E-state index contributed by atoms with van der Waals surface area (Å²) in [4.78, 5) is 5.46. The zero-order valence-electron chi connectivity index (χ0n) is 8.70. The second kappa shape index (κ2) is 4.91. The number of methoxy groups -OCH3 is 1. The number of hydrogen-bond acceptors (Lipinski definition) is 3. The molecule has 1 atom stereocenters. The Labute approximate surface area is 83.5 Å². The lowest BCUT2D eigenvalue weighted by molar-refractivity contribution is 0.183. The first kappa shape index (κ1) is 10.9. The van der Waals surface area contributed by atoms with Crippen LogP contribution in [0.3, 0.4) is 0 Å². The predicted octanol–water partition coefficient (Wildman–Crippen LogP) is 1.69. The maximum Gasteiger partial charge on any atom is 0.214 e. The van der Waals surface area contributed by atoms with Gasteiger partial charge in [-0.3, -0.25) is 0 Å². The molecule has 1 aromatic heterocycles. The van der Waals surface area contributed by atoms with Gasteiger partial charge in [0.25, 0.3) is 0 Å². The van der Waals surface area contributed by atoms with Gasteiger partial charge < -0.3 is 9.64 Å². The van der Waals surface area contributed by atoms with E-state index in [2.05, 4.69) is 4.98 Å². The second-order valence-electron chi connectivity index (χ2n) is 3.25. The third-order valence-electron chi connectivity index (χ3n) is 2.19. The van der Waals surface area contributed by atoms with Crippen LogP contribution in [0.1, 0.15) is 6.92 Å². The topological polar surface area (TPSA) is 25.4 Å². The summed E-state index contributed by atoms with van der Waals surface area (Å²) in [6, 6.07) is 3.39. The van der Waals surface area contributed by atoms with E-state index in [0.29, 0.717) is 6.61 Å². The average Bonchev–Trinajstić information content (AvgIpc) is 2.17. The number of pyridine rings is 1. The van der Waals surface area contributed by atoms with Gasteiger partial charge in [0.1, 0.15) is 0 Å². The van der Waals surface area contributed by atoms with Crippen LogP contribution in [-0.2, 0) is 4.74 Å². The van der Waals surface area contributed by atoms with Gasteiger partial charge in [-0.25, -0.2) is 4.98 Å². The minimum absolute atomic E-state index is 0.210. The number of aromatic nitrogens is 1. The largest absolute Gasteiger partial charge is 0.383 e. The van der Waals surface area contributed by atoms with Crippen LogP contribution >= 0.6 is 0 Å². The fourth-order valence-electron chi connectivity index (χ4n) is 1.22. The molecule has 0 bridgehead atoms. The Morgan fingerprint density at radius 1 is 1.64 bits per heavy atom. The van der Waals surface area contributed by atoms with Crippen molar-refractivity contribution in [1.82, 2.24) is 4.98 Å². The van der Waals surface area contributed by atoms with Crippen molar-refractivity contribution < 1.29 is 9.13 Å². The summed E-state index contributed by atoms with van der Waals surface area (Å²) in [6.45, 7) is 2.63. The minimum atomic E-state index is -0.459. The van der Waals surface area contributed by atoms with E-state index in [0.717, 1.165) is 5.69 Å². The summed E-state index contributed by atoms with van der Waals surface area (Å²) in [5.41, 5.74) is 0.807. The van der Waals surface area contributed by atoms with Crippen molar-refractivity contribution in [3.05, 3.63) is 24.3 Å². The Morgan fingerprint density at radius 3 is 2.93 bits per heavy atom. The number of hydrogen-bond donors (Lipinski definition) is 0. The zero-order valence-corrected chi connectivity index (χ0v) is 8.70. The van der Waals surface area contributed by atoms with Crippen molar-refractivity contribution >= 4 is 5.69 Å². The van der Waals surface area contributed by atoms with Gasteiger partial charge in [0.15, 0.2) is 0 Å².